The van der Waals surface area contributed by atoms with Gasteiger partial charge >= 0.3 is 0 Å². The zero-order chi connectivity index (χ0) is 14.3. The number of anilines is 1. The molecule has 0 bridgehead atoms. The van der Waals surface area contributed by atoms with Gasteiger partial charge in [0, 0.05) is 5.02 Å². The number of thiophene rings is 1. The SMILES string of the molecule is Cc1ccc(-n2cc(N)c(-c3sccc3C)n2)cc1Cl. The lowest BCUT2D eigenvalue weighted by atomic mass is 10.2. The minimum Gasteiger partial charge on any atom is -0.396 e. The minimum absolute atomic E-state index is 0.673. The van der Waals surface area contributed by atoms with Crippen LogP contribution in [0.2, 0.25) is 5.02 Å². The molecular formula is C15H14ClN3S. The molecule has 20 heavy (non-hydrogen) atoms. The monoisotopic (exact) mass is 303 g/mol. The fourth-order valence-corrected chi connectivity index (χ4v) is 3.14. The van der Waals surface area contributed by atoms with E-state index < -0.39 is 0 Å². The Morgan fingerprint density at radius 1 is 1.20 bits per heavy atom. The lowest BCUT2D eigenvalue weighted by Gasteiger charge is -2.03. The zero-order valence-corrected chi connectivity index (χ0v) is 12.8. The van der Waals surface area contributed by atoms with Gasteiger partial charge in [0.15, 0.2) is 0 Å². The number of hydrogen-bond donors (Lipinski definition) is 1. The molecule has 2 aromatic heterocycles. The Hall–Kier alpha value is -1.78. The van der Waals surface area contributed by atoms with Crippen molar-refractivity contribution in [3.05, 3.63) is 52.0 Å². The van der Waals surface area contributed by atoms with Gasteiger partial charge in [-0.1, -0.05) is 17.7 Å². The van der Waals surface area contributed by atoms with Crippen LogP contribution in [-0.4, -0.2) is 9.78 Å². The summed E-state index contributed by atoms with van der Waals surface area (Å²) in [5, 5.41) is 7.37. The summed E-state index contributed by atoms with van der Waals surface area (Å²) in [6.45, 7) is 4.04. The molecule has 1 aromatic carbocycles. The summed E-state index contributed by atoms with van der Waals surface area (Å²) in [5.41, 5.74) is 10.7. The van der Waals surface area contributed by atoms with Crippen LogP contribution in [0, 0.1) is 13.8 Å². The molecule has 3 rings (SSSR count). The molecule has 0 saturated heterocycles. The van der Waals surface area contributed by atoms with Crippen LogP contribution < -0.4 is 5.73 Å². The average Bonchev–Trinajstić information content (AvgIpc) is 2.99. The molecule has 0 aliphatic carbocycles. The van der Waals surface area contributed by atoms with Gasteiger partial charge in [-0.2, -0.15) is 5.10 Å². The molecule has 0 aliphatic heterocycles. The molecule has 3 aromatic rings. The van der Waals surface area contributed by atoms with Crippen molar-refractivity contribution in [2.75, 3.05) is 5.73 Å². The summed E-state index contributed by atoms with van der Waals surface area (Å²) in [7, 11) is 0. The Bertz CT molecular complexity index is 773. The van der Waals surface area contributed by atoms with Gasteiger partial charge in [-0.25, -0.2) is 4.68 Å². The number of halogens is 1. The van der Waals surface area contributed by atoms with Crippen LogP contribution in [0.25, 0.3) is 16.3 Å². The van der Waals surface area contributed by atoms with Crippen molar-refractivity contribution in [2.24, 2.45) is 0 Å². The Morgan fingerprint density at radius 3 is 2.65 bits per heavy atom. The largest absolute Gasteiger partial charge is 0.396 e. The average molecular weight is 304 g/mol. The maximum absolute atomic E-state index is 6.16. The molecule has 0 saturated carbocycles. The van der Waals surface area contributed by atoms with Crippen LogP contribution >= 0.6 is 22.9 Å². The fraction of sp³-hybridized carbons (Fsp3) is 0.133. The molecule has 3 nitrogen and oxygen atoms in total. The lowest BCUT2D eigenvalue weighted by molar-refractivity contribution is 0.884. The van der Waals surface area contributed by atoms with Crippen LogP contribution in [0.4, 0.5) is 5.69 Å². The maximum Gasteiger partial charge on any atom is 0.126 e. The van der Waals surface area contributed by atoms with E-state index in [0.717, 1.165) is 26.8 Å². The van der Waals surface area contributed by atoms with Crippen molar-refractivity contribution in [3.8, 4) is 16.3 Å². The first kappa shape index (κ1) is 13.2. The summed E-state index contributed by atoms with van der Waals surface area (Å²) in [5.74, 6) is 0. The molecule has 5 heteroatoms. The number of nitrogen functional groups attached to an aromatic ring is 1. The second-order valence-corrected chi connectivity index (χ2v) is 6.07. The predicted octanol–water partition coefficient (Wildman–Crippen LogP) is 4.45. The molecule has 102 valence electrons. The van der Waals surface area contributed by atoms with Crippen LogP contribution in [0.5, 0.6) is 0 Å². The van der Waals surface area contributed by atoms with Crippen molar-refractivity contribution in [1.82, 2.24) is 9.78 Å². The molecule has 0 aliphatic rings. The van der Waals surface area contributed by atoms with E-state index >= 15 is 0 Å². The van der Waals surface area contributed by atoms with Crippen LogP contribution in [0.1, 0.15) is 11.1 Å². The number of aromatic nitrogens is 2. The highest BCUT2D eigenvalue weighted by molar-refractivity contribution is 7.13. The Morgan fingerprint density at radius 2 is 2.00 bits per heavy atom. The van der Waals surface area contributed by atoms with Gasteiger partial charge in [-0.05, 0) is 48.6 Å². The van der Waals surface area contributed by atoms with Gasteiger partial charge in [0.2, 0.25) is 0 Å². The molecular weight excluding hydrogens is 290 g/mol. The van der Waals surface area contributed by atoms with Crippen molar-refractivity contribution < 1.29 is 0 Å². The molecule has 0 amide bonds. The highest BCUT2D eigenvalue weighted by atomic mass is 35.5. The van der Waals surface area contributed by atoms with Gasteiger partial charge in [0.05, 0.1) is 22.4 Å². The third-order valence-electron chi connectivity index (χ3n) is 3.24. The zero-order valence-electron chi connectivity index (χ0n) is 11.2. The standard InChI is InChI=1S/C15H14ClN3S/c1-9-3-4-11(7-12(9)16)19-8-13(17)14(18-19)15-10(2)5-6-20-15/h3-8H,17H2,1-2H3. The van der Waals surface area contributed by atoms with E-state index in [-0.39, 0.29) is 0 Å². The van der Waals surface area contributed by atoms with Gasteiger partial charge in [0.1, 0.15) is 5.69 Å². The first-order valence-corrected chi connectivity index (χ1v) is 7.48. The lowest BCUT2D eigenvalue weighted by Crippen LogP contribution is -1.95. The highest BCUT2D eigenvalue weighted by Gasteiger charge is 2.13. The fourth-order valence-electron chi connectivity index (χ4n) is 2.04. The van der Waals surface area contributed by atoms with Crippen molar-refractivity contribution >= 4 is 28.6 Å². The van der Waals surface area contributed by atoms with E-state index in [0.29, 0.717) is 5.69 Å². The van der Waals surface area contributed by atoms with Gasteiger partial charge in [-0.3, -0.25) is 0 Å². The van der Waals surface area contributed by atoms with Crippen molar-refractivity contribution in [3.63, 3.8) is 0 Å². The maximum atomic E-state index is 6.16. The first-order valence-electron chi connectivity index (χ1n) is 6.22. The third kappa shape index (κ3) is 2.21. The minimum atomic E-state index is 0.673. The summed E-state index contributed by atoms with van der Waals surface area (Å²) in [4.78, 5) is 1.11. The second-order valence-electron chi connectivity index (χ2n) is 4.74. The van der Waals surface area contributed by atoms with Gasteiger partial charge in [-0.15, -0.1) is 11.3 Å². The number of nitrogens with zero attached hydrogens (tertiary/aromatic N) is 2. The van der Waals surface area contributed by atoms with Gasteiger partial charge < -0.3 is 5.73 Å². The van der Waals surface area contributed by atoms with E-state index in [1.54, 1.807) is 16.0 Å². The molecule has 0 unspecified atom stereocenters. The molecule has 0 radical (unpaired) electrons. The van der Waals surface area contributed by atoms with Crippen LogP contribution in [0.3, 0.4) is 0 Å². The number of hydrogen-bond acceptors (Lipinski definition) is 3. The van der Waals surface area contributed by atoms with Crippen LogP contribution in [0.15, 0.2) is 35.8 Å². The Balaban J connectivity index is 2.09. The molecule has 2 N–H and O–H groups in total. The summed E-state index contributed by atoms with van der Waals surface area (Å²) < 4.78 is 1.77. The smallest absolute Gasteiger partial charge is 0.126 e. The number of rotatable bonds is 2. The van der Waals surface area contributed by atoms with E-state index in [1.807, 2.05) is 36.7 Å². The number of aryl methyl sites for hydroxylation is 2. The second kappa shape index (κ2) is 4.96. The predicted molar refractivity (Wildman–Crippen MR) is 85.8 cm³/mol. The summed E-state index contributed by atoms with van der Waals surface area (Å²) >= 11 is 7.81. The normalized spacial score (nSPS) is 10.9. The third-order valence-corrected chi connectivity index (χ3v) is 4.67. The van der Waals surface area contributed by atoms with Crippen molar-refractivity contribution in [1.29, 1.82) is 0 Å². The van der Waals surface area contributed by atoms with E-state index in [9.17, 15) is 0 Å². The molecule has 0 spiro atoms. The quantitative estimate of drug-likeness (QED) is 0.760. The molecule has 0 atom stereocenters. The number of nitrogens with two attached hydrogens (primary N) is 1. The highest BCUT2D eigenvalue weighted by Crippen LogP contribution is 2.32. The van der Waals surface area contributed by atoms with E-state index in [1.165, 1.54) is 5.56 Å². The first-order chi connectivity index (χ1) is 9.56. The van der Waals surface area contributed by atoms with Crippen LogP contribution in [-0.2, 0) is 0 Å². The number of benzene rings is 1. The Kier molecular flexibility index (Phi) is 3.28. The molecule has 2 heterocycles. The molecule has 0 fully saturated rings. The van der Waals surface area contributed by atoms with E-state index in [2.05, 4.69) is 18.1 Å². The van der Waals surface area contributed by atoms with Gasteiger partial charge in [0.25, 0.3) is 0 Å². The summed E-state index contributed by atoms with van der Waals surface area (Å²) in [6, 6.07) is 7.93. The van der Waals surface area contributed by atoms with Crippen molar-refractivity contribution in [2.45, 2.75) is 13.8 Å². The Labute approximate surface area is 126 Å². The van der Waals surface area contributed by atoms with E-state index in [4.69, 9.17) is 17.3 Å². The topological polar surface area (TPSA) is 43.8 Å². The summed E-state index contributed by atoms with van der Waals surface area (Å²) in [6.07, 6.45) is 1.83.